The third-order valence-electron chi connectivity index (χ3n) is 3.25. The molecule has 0 aromatic heterocycles. The van der Waals surface area contributed by atoms with Crippen molar-refractivity contribution in [3.63, 3.8) is 0 Å². The first-order valence-corrected chi connectivity index (χ1v) is 5.24. The monoisotopic (exact) mass is 192 g/mol. The second kappa shape index (κ2) is 3.62. The predicted octanol–water partition coefficient (Wildman–Crippen LogP) is 2.43. The van der Waals surface area contributed by atoms with Crippen LogP contribution in [0.2, 0.25) is 0 Å². The lowest BCUT2D eigenvalue weighted by Crippen LogP contribution is -2.41. The molecule has 0 saturated carbocycles. The molecule has 1 aliphatic heterocycles. The highest BCUT2D eigenvalue weighted by Gasteiger charge is 2.29. The zero-order valence-corrected chi connectivity index (χ0v) is 8.99. The number of hydrogen-bond acceptors (Lipinski definition) is 1. The van der Waals surface area contributed by atoms with Gasteiger partial charge in [-0.05, 0) is 12.1 Å². The second-order valence-corrected chi connectivity index (χ2v) is 4.25. The third-order valence-corrected chi connectivity index (χ3v) is 3.25. The summed E-state index contributed by atoms with van der Waals surface area (Å²) < 4.78 is 6.25. The van der Waals surface area contributed by atoms with Crippen LogP contribution in [0.25, 0.3) is 0 Å². The lowest BCUT2D eigenvalue weighted by molar-refractivity contribution is 0.400. The molecular weight excluding hydrogens is 174 g/mol. The fourth-order valence-electron chi connectivity index (χ4n) is 2.23. The van der Waals surface area contributed by atoms with Crippen molar-refractivity contribution in [3.8, 4) is 5.75 Å². The van der Waals surface area contributed by atoms with Gasteiger partial charge in [0.05, 0.1) is 27.2 Å². The minimum atomic E-state index is 0.944. The maximum atomic E-state index is 5.16. The maximum absolute atomic E-state index is 5.16. The first-order valence-electron chi connectivity index (χ1n) is 5.24. The molecule has 1 aromatic rings. The SMILES string of the molecule is COc1ccc([N+]2(C)CCCC2)cc1. The van der Waals surface area contributed by atoms with Gasteiger partial charge in [-0.1, -0.05) is 0 Å². The fourth-order valence-corrected chi connectivity index (χ4v) is 2.23. The molecule has 1 heterocycles. The molecule has 0 N–H and O–H groups in total. The topological polar surface area (TPSA) is 9.23 Å². The highest BCUT2D eigenvalue weighted by Crippen LogP contribution is 2.28. The van der Waals surface area contributed by atoms with Gasteiger partial charge in [-0.15, -0.1) is 0 Å². The number of nitrogens with zero attached hydrogens (tertiary/aromatic N) is 1. The van der Waals surface area contributed by atoms with Crippen molar-refractivity contribution in [2.45, 2.75) is 12.8 Å². The second-order valence-electron chi connectivity index (χ2n) is 4.25. The van der Waals surface area contributed by atoms with Gasteiger partial charge in [0.1, 0.15) is 11.4 Å². The minimum absolute atomic E-state index is 0.944. The number of likely N-dealkylation sites (tertiary alicyclic amines) is 1. The zero-order valence-electron chi connectivity index (χ0n) is 8.99. The van der Waals surface area contributed by atoms with Crippen LogP contribution in [0.15, 0.2) is 24.3 Å². The smallest absolute Gasteiger partial charge is 0.132 e. The largest absolute Gasteiger partial charge is 0.497 e. The Kier molecular flexibility index (Phi) is 2.46. The Hall–Kier alpha value is -1.02. The van der Waals surface area contributed by atoms with E-state index >= 15 is 0 Å². The first-order chi connectivity index (χ1) is 6.74. The lowest BCUT2D eigenvalue weighted by atomic mass is 10.2. The quantitative estimate of drug-likeness (QED) is 0.654. The van der Waals surface area contributed by atoms with Crippen molar-refractivity contribution in [2.24, 2.45) is 0 Å². The highest BCUT2D eigenvalue weighted by atomic mass is 16.5. The molecule has 0 radical (unpaired) electrons. The summed E-state index contributed by atoms with van der Waals surface area (Å²) in [6.45, 7) is 2.54. The number of benzene rings is 1. The molecule has 0 amide bonds. The number of rotatable bonds is 2. The van der Waals surface area contributed by atoms with E-state index in [0.29, 0.717) is 0 Å². The van der Waals surface area contributed by atoms with Gasteiger partial charge in [-0.2, -0.15) is 0 Å². The summed E-state index contributed by atoms with van der Waals surface area (Å²) in [6.07, 6.45) is 2.70. The summed E-state index contributed by atoms with van der Waals surface area (Å²) in [5.74, 6) is 0.944. The number of quaternary nitrogens is 1. The Morgan fingerprint density at radius 1 is 1.07 bits per heavy atom. The van der Waals surface area contributed by atoms with Crippen LogP contribution in [0, 0.1) is 0 Å². The lowest BCUT2D eigenvalue weighted by Gasteiger charge is -2.28. The molecule has 0 unspecified atom stereocenters. The molecule has 76 valence electrons. The van der Waals surface area contributed by atoms with Crippen LogP contribution in [0.3, 0.4) is 0 Å². The Labute approximate surface area is 85.7 Å². The molecule has 1 saturated heterocycles. The van der Waals surface area contributed by atoms with Gasteiger partial charge in [0.15, 0.2) is 0 Å². The summed E-state index contributed by atoms with van der Waals surface area (Å²) in [4.78, 5) is 0. The van der Waals surface area contributed by atoms with Crippen LogP contribution in [0.1, 0.15) is 12.8 Å². The molecule has 1 aliphatic rings. The summed E-state index contributed by atoms with van der Waals surface area (Å²) in [5, 5.41) is 0. The van der Waals surface area contributed by atoms with Crippen molar-refractivity contribution in [3.05, 3.63) is 24.3 Å². The van der Waals surface area contributed by atoms with Gasteiger partial charge in [0.25, 0.3) is 0 Å². The van der Waals surface area contributed by atoms with Gasteiger partial charge in [-0.25, -0.2) is 0 Å². The van der Waals surface area contributed by atoms with Crippen LogP contribution < -0.4 is 9.22 Å². The van der Waals surface area contributed by atoms with Crippen LogP contribution in [-0.2, 0) is 0 Å². The maximum Gasteiger partial charge on any atom is 0.132 e. The van der Waals surface area contributed by atoms with Crippen molar-refractivity contribution in [2.75, 3.05) is 27.2 Å². The third kappa shape index (κ3) is 1.62. The van der Waals surface area contributed by atoms with Crippen molar-refractivity contribution >= 4 is 5.69 Å². The van der Waals surface area contributed by atoms with Crippen LogP contribution in [-0.4, -0.2) is 27.2 Å². The highest BCUT2D eigenvalue weighted by molar-refractivity contribution is 5.46. The van der Waals surface area contributed by atoms with E-state index in [1.165, 1.54) is 31.6 Å². The average Bonchev–Trinajstić information content (AvgIpc) is 2.67. The molecule has 1 aromatic carbocycles. The van der Waals surface area contributed by atoms with E-state index in [1.54, 1.807) is 7.11 Å². The number of methoxy groups -OCH3 is 1. The van der Waals surface area contributed by atoms with Gasteiger partial charge >= 0.3 is 0 Å². The first kappa shape index (κ1) is 9.53. The molecule has 2 heteroatoms. The van der Waals surface area contributed by atoms with E-state index in [0.717, 1.165) is 10.2 Å². The van der Waals surface area contributed by atoms with Gasteiger partial charge in [-0.3, -0.25) is 4.48 Å². The molecule has 0 bridgehead atoms. The molecule has 0 aliphatic carbocycles. The van der Waals surface area contributed by atoms with E-state index < -0.39 is 0 Å². The van der Waals surface area contributed by atoms with E-state index in [2.05, 4.69) is 31.3 Å². The normalized spacial score (nSPS) is 19.6. The Morgan fingerprint density at radius 2 is 1.64 bits per heavy atom. The van der Waals surface area contributed by atoms with Crippen LogP contribution in [0.4, 0.5) is 5.69 Å². The summed E-state index contributed by atoms with van der Waals surface area (Å²) in [6, 6.07) is 8.47. The van der Waals surface area contributed by atoms with Gasteiger partial charge < -0.3 is 4.74 Å². The Morgan fingerprint density at radius 3 is 2.14 bits per heavy atom. The number of hydrogen-bond donors (Lipinski definition) is 0. The van der Waals surface area contributed by atoms with Gasteiger partial charge in [0, 0.05) is 25.0 Å². The molecule has 0 atom stereocenters. The minimum Gasteiger partial charge on any atom is -0.497 e. The summed E-state index contributed by atoms with van der Waals surface area (Å²) in [7, 11) is 4.02. The molecule has 0 spiro atoms. The standard InChI is InChI=1S/C12H18NO/c1-13(9-3-4-10-13)11-5-7-12(14-2)8-6-11/h5-8H,3-4,9-10H2,1-2H3/q+1. The van der Waals surface area contributed by atoms with E-state index in [4.69, 9.17) is 4.74 Å². The van der Waals surface area contributed by atoms with Crippen molar-refractivity contribution in [1.29, 1.82) is 0 Å². The Bertz CT molecular complexity index is 299. The van der Waals surface area contributed by atoms with E-state index in [9.17, 15) is 0 Å². The number of ether oxygens (including phenoxy) is 1. The predicted molar refractivity (Wildman–Crippen MR) is 59.7 cm³/mol. The van der Waals surface area contributed by atoms with Crippen molar-refractivity contribution < 1.29 is 4.74 Å². The van der Waals surface area contributed by atoms with Crippen molar-refractivity contribution in [1.82, 2.24) is 4.48 Å². The average molecular weight is 192 g/mol. The summed E-state index contributed by atoms with van der Waals surface area (Å²) in [5.41, 5.74) is 1.41. The van der Waals surface area contributed by atoms with Crippen LogP contribution in [0.5, 0.6) is 5.75 Å². The Balaban J connectivity index is 2.23. The molecule has 2 rings (SSSR count). The van der Waals surface area contributed by atoms with Crippen LogP contribution >= 0.6 is 0 Å². The fraction of sp³-hybridized carbons (Fsp3) is 0.500. The zero-order chi connectivity index (χ0) is 10.0. The molecule has 2 nitrogen and oxygen atoms in total. The molecule has 1 fully saturated rings. The molecular formula is C12H18NO+. The van der Waals surface area contributed by atoms with E-state index in [-0.39, 0.29) is 0 Å². The van der Waals surface area contributed by atoms with Gasteiger partial charge in [0.2, 0.25) is 0 Å². The van der Waals surface area contributed by atoms with E-state index in [1.807, 2.05) is 0 Å². The summed E-state index contributed by atoms with van der Waals surface area (Å²) >= 11 is 0. The molecule has 14 heavy (non-hydrogen) atoms.